The number of rotatable bonds is 8. The molecule has 2 rings (SSSR count). The molecule has 1 heterocycles. The van der Waals surface area contributed by atoms with Crippen molar-refractivity contribution in [3.05, 3.63) is 35.4 Å². The molecule has 0 radical (unpaired) electrons. The fraction of sp³-hybridized carbons (Fsp3) is 0.632. The van der Waals surface area contributed by atoms with E-state index in [1.807, 2.05) is 0 Å². The van der Waals surface area contributed by atoms with Gasteiger partial charge in [-0.05, 0) is 31.2 Å². The van der Waals surface area contributed by atoms with Gasteiger partial charge in [-0.1, -0.05) is 36.8 Å². The minimum Gasteiger partial charge on any atom is -0.379 e. The third-order valence-electron chi connectivity index (χ3n) is 4.30. The summed E-state index contributed by atoms with van der Waals surface area (Å²) in [5.74, 6) is 1.29. The molecule has 1 aromatic carbocycles. The average Bonchev–Trinajstić information content (AvgIpc) is 3.11. The lowest BCUT2D eigenvalue weighted by Crippen LogP contribution is -2.39. The van der Waals surface area contributed by atoms with Crippen molar-refractivity contribution in [3.8, 4) is 0 Å². The zero-order chi connectivity index (χ0) is 17.2. The van der Waals surface area contributed by atoms with E-state index in [-0.39, 0.29) is 6.10 Å². The third kappa shape index (κ3) is 6.49. The molecule has 1 aliphatic rings. The molecule has 0 saturated carbocycles. The van der Waals surface area contributed by atoms with Gasteiger partial charge in [0.25, 0.3) is 0 Å². The molecule has 5 nitrogen and oxygen atoms in total. The Morgan fingerprint density at radius 2 is 2.12 bits per heavy atom. The predicted octanol–water partition coefficient (Wildman–Crippen LogP) is 2.46. The van der Waals surface area contributed by atoms with Gasteiger partial charge >= 0.3 is 0 Å². The summed E-state index contributed by atoms with van der Waals surface area (Å²) in [7, 11) is 1.80. The van der Waals surface area contributed by atoms with Crippen LogP contribution in [-0.4, -0.2) is 52.0 Å². The summed E-state index contributed by atoms with van der Waals surface area (Å²) >= 11 is 0. The Morgan fingerprint density at radius 1 is 1.33 bits per heavy atom. The number of hydrogen-bond acceptors (Lipinski definition) is 3. The largest absolute Gasteiger partial charge is 0.379 e. The maximum absolute atomic E-state index is 5.76. The van der Waals surface area contributed by atoms with Gasteiger partial charge in [-0.15, -0.1) is 0 Å². The zero-order valence-electron chi connectivity index (χ0n) is 15.2. The van der Waals surface area contributed by atoms with E-state index < -0.39 is 0 Å². The molecule has 2 unspecified atom stereocenters. The SMILES string of the molecule is CN=C(NCCCOC1CCOC1)NCC(C)c1ccc(C)cc1. The normalized spacial score (nSPS) is 19.3. The van der Waals surface area contributed by atoms with Crippen LogP contribution in [0.4, 0.5) is 0 Å². The number of hydrogen-bond donors (Lipinski definition) is 2. The number of guanidine groups is 1. The Balaban J connectivity index is 1.60. The number of aryl methyl sites for hydroxylation is 1. The number of benzene rings is 1. The minimum absolute atomic E-state index is 0.290. The molecule has 2 atom stereocenters. The van der Waals surface area contributed by atoms with Crippen LogP contribution in [0.5, 0.6) is 0 Å². The van der Waals surface area contributed by atoms with E-state index >= 15 is 0 Å². The second-order valence-corrected chi connectivity index (χ2v) is 6.40. The molecule has 1 aromatic rings. The maximum atomic E-state index is 5.76. The number of nitrogens with zero attached hydrogens (tertiary/aromatic N) is 1. The molecule has 134 valence electrons. The van der Waals surface area contributed by atoms with Gasteiger partial charge in [0.15, 0.2) is 5.96 Å². The van der Waals surface area contributed by atoms with Crippen LogP contribution in [0, 0.1) is 6.92 Å². The highest BCUT2D eigenvalue weighted by Gasteiger charge is 2.15. The molecular formula is C19H31N3O2. The number of ether oxygens (including phenoxy) is 2. The van der Waals surface area contributed by atoms with E-state index in [4.69, 9.17) is 9.47 Å². The van der Waals surface area contributed by atoms with E-state index in [0.29, 0.717) is 5.92 Å². The second-order valence-electron chi connectivity index (χ2n) is 6.40. The first-order chi connectivity index (χ1) is 11.7. The van der Waals surface area contributed by atoms with Crippen LogP contribution >= 0.6 is 0 Å². The Morgan fingerprint density at radius 3 is 2.79 bits per heavy atom. The van der Waals surface area contributed by atoms with Crippen molar-refractivity contribution in [3.63, 3.8) is 0 Å². The van der Waals surface area contributed by atoms with Crippen molar-refractivity contribution < 1.29 is 9.47 Å². The first-order valence-electron chi connectivity index (χ1n) is 8.89. The lowest BCUT2D eigenvalue weighted by Gasteiger charge is -2.17. The summed E-state index contributed by atoms with van der Waals surface area (Å²) in [6.07, 6.45) is 2.27. The Bertz CT molecular complexity index is 496. The van der Waals surface area contributed by atoms with Crippen molar-refractivity contribution in [2.45, 2.75) is 38.7 Å². The molecule has 1 aliphatic heterocycles. The molecule has 1 saturated heterocycles. The lowest BCUT2D eigenvalue weighted by atomic mass is 10.0. The fourth-order valence-electron chi connectivity index (χ4n) is 2.66. The van der Waals surface area contributed by atoms with Crippen LogP contribution in [0.2, 0.25) is 0 Å². The average molecular weight is 333 g/mol. The monoisotopic (exact) mass is 333 g/mol. The predicted molar refractivity (Wildman–Crippen MR) is 98.8 cm³/mol. The van der Waals surface area contributed by atoms with Gasteiger partial charge in [-0.25, -0.2) is 0 Å². The van der Waals surface area contributed by atoms with Gasteiger partial charge < -0.3 is 20.1 Å². The third-order valence-corrected chi connectivity index (χ3v) is 4.30. The van der Waals surface area contributed by atoms with Crippen LogP contribution in [0.3, 0.4) is 0 Å². The first-order valence-corrected chi connectivity index (χ1v) is 8.89. The first kappa shape index (κ1) is 18.7. The van der Waals surface area contributed by atoms with Gasteiger partial charge in [0.1, 0.15) is 0 Å². The van der Waals surface area contributed by atoms with E-state index in [2.05, 4.69) is 53.7 Å². The molecule has 24 heavy (non-hydrogen) atoms. The molecular weight excluding hydrogens is 302 g/mol. The number of nitrogens with one attached hydrogen (secondary N) is 2. The van der Waals surface area contributed by atoms with E-state index in [0.717, 1.165) is 51.7 Å². The second kappa shape index (κ2) is 10.3. The van der Waals surface area contributed by atoms with E-state index in [1.54, 1.807) is 7.05 Å². The summed E-state index contributed by atoms with van der Waals surface area (Å²) in [5, 5.41) is 6.73. The highest BCUT2D eigenvalue weighted by atomic mass is 16.5. The molecule has 0 bridgehead atoms. The van der Waals surface area contributed by atoms with Crippen LogP contribution in [0.1, 0.15) is 36.8 Å². The number of aliphatic imine (C=N–C) groups is 1. The van der Waals surface area contributed by atoms with Crippen LogP contribution in [-0.2, 0) is 9.47 Å². The Hall–Kier alpha value is -1.59. The lowest BCUT2D eigenvalue weighted by molar-refractivity contribution is 0.0420. The standard InChI is InChI=1S/C19H31N3O2/c1-15-5-7-17(8-6-15)16(2)13-22-19(20-3)21-10-4-11-24-18-9-12-23-14-18/h5-8,16,18H,4,9-14H2,1-3H3,(H2,20,21,22). The highest BCUT2D eigenvalue weighted by molar-refractivity contribution is 5.79. The van der Waals surface area contributed by atoms with Gasteiger partial charge in [0.05, 0.1) is 12.7 Å². The molecule has 0 amide bonds. The summed E-state index contributed by atoms with van der Waals surface area (Å²) < 4.78 is 11.1. The van der Waals surface area contributed by atoms with Crippen molar-refractivity contribution in [2.75, 3.05) is 40.0 Å². The van der Waals surface area contributed by atoms with Gasteiger partial charge in [-0.2, -0.15) is 0 Å². The summed E-state index contributed by atoms with van der Waals surface area (Å²) in [6, 6.07) is 8.71. The molecule has 0 aromatic heterocycles. The van der Waals surface area contributed by atoms with Crippen molar-refractivity contribution in [1.82, 2.24) is 10.6 Å². The molecule has 1 fully saturated rings. The summed E-state index contributed by atoms with van der Waals surface area (Å²) in [6.45, 7) is 8.39. The zero-order valence-corrected chi connectivity index (χ0v) is 15.2. The van der Waals surface area contributed by atoms with Crippen molar-refractivity contribution in [1.29, 1.82) is 0 Å². The molecule has 0 aliphatic carbocycles. The molecule has 2 N–H and O–H groups in total. The summed E-state index contributed by atoms with van der Waals surface area (Å²) in [5.41, 5.74) is 2.64. The maximum Gasteiger partial charge on any atom is 0.190 e. The van der Waals surface area contributed by atoms with Crippen molar-refractivity contribution >= 4 is 5.96 Å². The topological polar surface area (TPSA) is 54.9 Å². The fourth-order valence-corrected chi connectivity index (χ4v) is 2.66. The smallest absolute Gasteiger partial charge is 0.190 e. The Labute approximate surface area is 145 Å². The highest BCUT2D eigenvalue weighted by Crippen LogP contribution is 2.14. The van der Waals surface area contributed by atoms with E-state index in [9.17, 15) is 0 Å². The van der Waals surface area contributed by atoms with Crippen LogP contribution < -0.4 is 10.6 Å². The quantitative estimate of drug-likeness (QED) is 0.436. The Kier molecular flexibility index (Phi) is 8.05. The van der Waals surface area contributed by atoms with Crippen molar-refractivity contribution in [2.24, 2.45) is 4.99 Å². The van der Waals surface area contributed by atoms with Crippen LogP contribution in [0.15, 0.2) is 29.3 Å². The van der Waals surface area contributed by atoms with E-state index in [1.165, 1.54) is 11.1 Å². The molecule has 5 heteroatoms. The van der Waals surface area contributed by atoms with Crippen LogP contribution in [0.25, 0.3) is 0 Å². The van der Waals surface area contributed by atoms with Gasteiger partial charge in [0.2, 0.25) is 0 Å². The molecule has 0 spiro atoms. The summed E-state index contributed by atoms with van der Waals surface area (Å²) in [4.78, 5) is 4.28. The van der Waals surface area contributed by atoms with Gasteiger partial charge in [-0.3, -0.25) is 4.99 Å². The van der Waals surface area contributed by atoms with Gasteiger partial charge in [0, 0.05) is 33.4 Å². The minimum atomic E-state index is 0.290.